The highest BCUT2D eigenvalue weighted by atomic mass is 16.2. The highest BCUT2D eigenvalue weighted by molar-refractivity contribution is 5.95. The van der Waals surface area contributed by atoms with Gasteiger partial charge in [-0.25, -0.2) is 4.79 Å². The number of nitrogens with one attached hydrogen (secondary N) is 2. The van der Waals surface area contributed by atoms with Crippen LogP contribution in [0.3, 0.4) is 0 Å². The summed E-state index contributed by atoms with van der Waals surface area (Å²) in [4.78, 5) is 26.8. The molecule has 0 atom stereocenters. The monoisotopic (exact) mass is 363 g/mol. The first-order valence-electron chi connectivity index (χ1n) is 8.47. The number of benzene rings is 2. The van der Waals surface area contributed by atoms with E-state index in [-0.39, 0.29) is 18.5 Å². The third-order valence-electron chi connectivity index (χ3n) is 4.09. The number of anilines is 2. The van der Waals surface area contributed by atoms with Gasteiger partial charge in [0, 0.05) is 30.0 Å². The van der Waals surface area contributed by atoms with Gasteiger partial charge >= 0.3 is 6.03 Å². The third-order valence-corrected chi connectivity index (χ3v) is 4.09. The number of nitrogens with zero attached hydrogens (tertiary/aromatic N) is 5. The summed E-state index contributed by atoms with van der Waals surface area (Å²) < 4.78 is 0. The summed E-state index contributed by atoms with van der Waals surface area (Å²) in [6.45, 7) is 1.22. The van der Waals surface area contributed by atoms with Crippen LogP contribution in [0, 0.1) is 0 Å². The van der Waals surface area contributed by atoms with Crippen LogP contribution < -0.4 is 15.5 Å². The minimum Gasteiger partial charge on any atom is -0.336 e. The predicted octanol–water partition coefficient (Wildman–Crippen LogP) is 1.51. The van der Waals surface area contributed by atoms with Crippen molar-refractivity contribution in [3.05, 3.63) is 54.6 Å². The van der Waals surface area contributed by atoms with Crippen LogP contribution in [-0.4, -0.2) is 45.2 Å². The number of rotatable bonds is 5. The molecule has 1 aliphatic heterocycles. The molecule has 0 bridgehead atoms. The van der Waals surface area contributed by atoms with Gasteiger partial charge in [-0.3, -0.25) is 9.69 Å². The SMILES string of the molecule is O=C(Cn1nnc(-c2ccccc2)n1)Nc1ccc(N2CCNC2=O)cc1. The van der Waals surface area contributed by atoms with Gasteiger partial charge in [-0.05, 0) is 29.5 Å². The molecule has 0 saturated carbocycles. The molecule has 2 heterocycles. The second kappa shape index (κ2) is 7.24. The molecule has 0 radical (unpaired) electrons. The Balaban J connectivity index is 1.37. The zero-order valence-corrected chi connectivity index (χ0v) is 14.4. The van der Waals surface area contributed by atoms with Crippen molar-refractivity contribution in [1.29, 1.82) is 0 Å². The molecule has 0 aliphatic carbocycles. The number of tetrazole rings is 1. The molecule has 1 fully saturated rings. The lowest BCUT2D eigenvalue weighted by molar-refractivity contribution is -0.117. The first-order valence-corrected chi connectivity index (χ1v) is 8.47. The van der Waals surface area contributed by atoms with Crippen molar-refractivity contribution >= 4 is 23.3 Å². The van der Waals surface area contributed by atoms with Gasteiger partial charge in [0.2, 0.25) is 11.7 Å². The van der Waals surface area contributed by atoms with E-state index in [9.17, 15) is 9.59 Å². The molecule has 136 valence electrons. The van der Waals surface area contributed by atoms with Crippen molar-refractivity contribution in [2.45, 2.75) is 6.54 Å². The van der Waals surface area contributed by atoms with Crippen LogP contribution in [0.5, 0.6) is 0 Å². The molecule has 9 nitrogen and oxygen atoms in total. The van der Waals surface area contributed by atoms with Crippen LogP contribution in [-0.2, 0) is 11.3 Å². The predicted molar refractivity (Wildman–Crippen MR) is 99.1 cm³/mol. The summed E-state index contributed by atoms with van der Waals surface area (Å²) in [7, 11) is 0. The number of urea groups is 1. The van der Waals surface area contributed by atoms with E-state index in [1.807, 2.05) is 30.3 Å². The van der Waals surface area contributed by atoms with Crippen LogP contribution in [0.25, 0.3) is 11.4 Å². The molecule has 3 amide bonds. The van der Waals surface area contributed by atoms with E-state index < -0.39 is 0 Å². The fourth-order valence-electron chi connectivity index (χ4n) is 2.78. The second-order valence-corrected chi connectivity index (χ2v) is 5.99. The lowest BCUT2D eigenvalue weighted by Gasteiger charge is -2.14. The van der Waals surface area contributed by atoms with E-state index >= 15 is 0 Å². The Kier molecular flexibility index (Phi) is 4.48. The van der Waals surface area contributed by atoms with Crippen LogP contribution in [0.1, 0.15) is 0 Å². The average molecular weight is 363 g/mol. The molecule has 0 spiro atoms. The maximum absolute atomic E-state index is 12.2. The number of carbonyl (C=O) groups excluding carboxylic acids is 2. The van der Waals surface area contributed by atoms with Gasteiger partial charge in [-0.1, -0.05) is 30.3 Å². The fourth-order valence-corrected chi connectivity index (χ4v) is 2.78. The lowest BCUT2D eigenvalue weighted by atomic mass is 10.2. The minimum atomic E-state index is -0.265. The first-order chi connectivity index (χ1) is 13.2. The van der Waals surface area contributed by atoms with E-state index in [1.165, 1.54) is 4.80 Å². The Morgan fingerprint density at radius 3 is 2.59 bits per heavy atom. The maximum Gasteiger partial charge on any atom is 0.321 e. The molecule has 1 aliphatic rings. The summed E-state index contributed by atoms with van der Waals surface area (Å²) >= 11 is 0. The molecule has 2 N–H and O–H groups in total. The largest absolute Gasteiger partial charge is 0.336 e. The summed E-state index contributed by atoms with van der Waals surface area (Å²) in [5.41, 5.74) is 2.26. The number of carbonyl (C=O) groups is 2. The molecule has 0 unspecified atom stereocenters. The molecule has 1 aromatic heterocycles. The zero-order chi connectivity index (χ0) is 18.6. The Morgan fingerprint density at radius 1 is 1.11 bits per heavy atom. The Morgan fingerprint density at radius 2 is 1.89 bits per heavy atom. The van der Waals surface area contributed by atoms with Crippen LogP contribution in [0.2, 0.25) is 0 Å². The quantitative estimate of drug-likeness (QED) is 0.715. The van der Waals surface area contributed by atoms with Gasteiger partial charge < -0.3 is 10.6 Å². The molecule has 27 heavy (non-hydrogen) atoms. The van der Waals surface area contributed by atoms with Gasteiger partial charge in [-0.2, -0.15) is 4.80 Å². The normalized spacial score (nSPS) is 13.5. The molecule has 1 saturated heterocycles. The van der Waals surface area contributed by atoms with E-state index in [2.05, 4.69) is 26.0 Å². The number of hydrogen-bond acceptors (Lipinski definition) is 5. The summed E-state index contributed by atoms with van der Waals surface area (Å²) in [5, 5.41) is 17.6. The van der Waals surface area contributed by atoms with E-state index in [0.29, 0.717) is 24.6 Å². The maximum atomic E-state index is 12.2. The van der Waals surface area contributed by atoms with Crippen molar-refractivity contribution in [2.75, 3.05) is 23.3 Å². The smallest absolute Gasteiger partial charge is 0.321 e. The minimum absolute atomic E-state index is 0.0455. The second-order valence-electron chi connectivity index (χ2n) is 5.99. The van der Waals surface area contributed by atoms with Crippen molar-refractivity contribution in [2.24, 2.45) is 0 Å². The Labute approximate surface area is 155 Å². The molecule has 9 heteroatoms. The van der Waals surface area contributed by atoms with Crippen molar-refractivity contribution < 1.29 is 9.59 Å². The van der Waals surface area contributed by atoms with Gasteiger partial charge in [-0.15, -0.1) is 10.2 Å². The van der Waals surface area contributed by atoms with E-state index in [1.54, 1.807) is 29.2 Å². The summed E-state index contributed by atoms with van der Waals surface area (Å²) in [6.07, 6.45) is 0. The zero-order valence-electron chi connectivity index (χ0n) is 14.4. The Bertz CT molecular complexity index is 953. The topological polar surface area (TPSA) is 105 Å². The summed E-state index contributed by atoms with van der Waals surface area (Å²) in [6, 6.07) is 16.4. The van der Waals surface area contributed by atoms with Crippen LogP contribution >= 0.6 is 0 Å². The van der Waals surface area contributed by atoms with Crippen molar-refractivity contribution in [1.82, 2.24) is 25.5 Å². The highest BCUT2D eigenvalue weighted by Gasteiger charge is 2.20. The van der Waals surface area contributed by atoms with Gasteiger partial charge in [0.15, 0.2) is 0 Å². The standard InChI is InChI=1S/C18H17N7O2/c26-16(12-25-22-17(21-23-25)13-4-2-1-3-5-13)20-14-6-8-15(9-7-14)24-11-10-19-18(24)27/h1-9H,10-12H2,(H,19,27)(H,20,26). The van der Waals surface area contributed by atoms with Crippen LogP contribution in [0.15, 0.2) is 54.6 Å². The van der Waals surface area contributed by atoms with Crippen molar-refractivity contribution in [3.63, 3.8) is 0 Å². The first kappa shape index (κ1) is 16.7. The molecule has 4 rings (SSSR count). The van der Waals surface area contributed by atoms with E-state index in [4.69, 9.17) is 0 Å². The average Bonchev–Trinajstić information content (AvgIpc) is 3.32. The molecular weight excluding hydrogens is 346 g/mol. The molecule has 2 aromatic carbocycles. The third kappa shape index (κ3) is 3.76. The van der Waals surface area contributed by atoms with Crippen LogP contribution in [0.4, 0.5) is 16.2 Å². The molecular formula is C18H17N7O2. The highest BCUT2D eigenvalue weighted by Crippen LogP contribution is 2.19. The van der Waals surface area contributed by atoms with E-state index in [0.717, 1.165) is 11.3 Å². The van der Waals surface area contributed by atoms with Gasteiger partial charge in [0.05, 0.1) is 0 Å². The van der Waals surface area contributed by atoms with Crippen molar-refractivity contribution in [3.8, 4) is 11.4 Å². The van der Waals surface area contributed by atoms with Gasteiger partial charge in [0.25, 0.3) is 0 Å². The Hall–Kier alpha value is -3.75. The molecule has 3 aromatic rings. The number of hydrogen-bond donors (Lipinski definition) is 2. The van der Waals surface area contributed by atoms with Gasteiger partial charge in [0.1, 0.15) is 6.54 Å². The number of amides is 3. The fraction of sp³-hybridized carbons (Fsp3) is 0.167. The number of aromatic nitrogens is 4. The lowest BCUT2D eigenvalue weighted by Crippen LogP contribution is -2.27. The summed E-state index contributed by atoms with van der Waals surface area (Å²) in [5.74, 6) is 0.204.